The van der Waals surface area contributed by atoms with Crippen LogP contribution in [0.4, 0.5) is 5.82 Å². The molecule has 2 aromatic rings. The average molecular weight is 383 g/mol. The van der Waals surface area contributed by atoms with Crippen molar-refractivity contribution in [2.24, 2.45) is 4.99 Å². The molecule has 7 nitrogen and oxygen atoms in total. The highest BCUT2D eigenvalue weighted by Crippen LogP contribution is 2.27. The van der Waals surface area contributed by atoms with E-state index in [0.29, 0.717) is 13.1 Å². The van der Waals surface area contributed by atoms with Crippen molar-refractivity contribution in [2.75, 3.05) is 39.3 Å². The van der Waals surface area contributed by atoms with E-state index in [0.717, 1.165) is 41.9 Å². The molecular weight excluding hydrogens is 354 g/mol. The highest BCUT2D eigenvalue weighted by atomic mass is 16.5. The molecule has 0 bridgehead atoms. The summed E-state index contributed by atoms with van der Waals surface area (Å²) in [5, 5.41) is 6.69. The second kappa shape index (κ2) is 9.82. The second-order valence-electron chi connectivity index (χ2n) is 6.69. The molecule has 1 aliphatic rings. The van der Waals surface area contributed by atoms with E-state index in [1.165, 1.54) is 18.4 Å². The molecular formula is C21H29N5O2. The number of nitrogens with one attached hydrogen (secondary N) is 2. The first-order valence-electron chi connectivity index (χ1n) is 9.59. The monoisotopic (exact) mass is 383 g/mol. The maximum Gasteiger partial charge on any atom is 0.191 e. The van der Waals surface area contributed by atoms with Gasteiger partial charge in [0.1, 0.15) is 5.82 Å². The average Bonchev–Trinajstić information content (AvgIpc) is 3.29. The second-order valence-corrected chi connectivity index (χ2v) is 6.69. The molecule has 0 amide bonds. The van der Waals surface area contributed by atoms with Crippen molar-refractivity contribution in [3.63, 3.8) is 0 Å². The quantitative estimate of drug-likeness (QED) is 0.566. The van der Waals surface area contributed by atoms with Crippen molar-refractivity contribution in [2.45, 2.75) is 25.9 Å². The molecule has 150 valence electrons. The highest BCUT2D eigenvalue weighted by Gasteiger charge is 2.13. The molecule has 1 aromatic heterocycles. The molecule has 1 fully saturated rings. The number of rotatable bonds is 7. The van der Waals surface area contributed by atoms with E-state index < -0.39 is 0 Å². The smallest absolute Gasteiger partial charge is 0.191 e. The summed E-state index contributed by atoms with van der Waals surface area (Å²) in [6.45, 7) is 3.52. The summed E-state index contributed by atoms with van der Waals surface area (Å²) in [5.74, 6) is 3.25. The van der Waals surface area contributed by atoms with Crippen molar-refractivity contribution in [1.29, 1.82) is 0 Å². The van der Waals surface area contributed by atoms with Crippen molar-refractivity contribution in [3.8, 4) is 11.5 Å². The number of anilines is 1. The van der Waals surface area contributed by atoms with Crippen molar-refractivity contribution < 1.29 is 9.47 Å². The van der Waals surface area contributed by atoms with Crippen LogP contribution in [0.2, 0.25) is 0 Å². The molecule has 2 heterocycles. The number of pyridine rings is 1. The lowest BCUT2D eigenvalue weighted by Crippen LogP contribution is -2.36. The van der Waals surface area contributed by atoms with Crippen LogP contribution in [0, 0.1) is 0 Å². The summed E-state index contributed by atoms with van der Waals surface area (Å²) in [6.07, 6.45) is 4.37. The number of hydrogen-bond donors (Lipinski definition) is 2. The Hall–Kier alpha value is -2.96. The van der Waals surface area contributed by atoms with Crippen LogP contribution >= 0.6 is 0 Å². The van der Waals surface area contributed by atoms with Crippen LogP contribution in [0.5, 0.6) is 11.5 Å². The third-order valence-corrected chi connectivity index (χ3v) is 4.83. The van der Waals surface area contributed by atoms with Crippen LogP contribution in [-0.2, 0) is 13.1 Å². The van der Waals surface area contributed by atoms with Gasteiger partial charge >= 0.3 is 0 Å². The Balaban J connectivity index is 1.54. The molecule has 2 N–H and O–H groups in total. The minimum absolute atomic E-state index is 0.634. The third-order valence-electron chi connectivity index (χ3n) is 4.83. The lowest BCUT2D eigenvalue weighted by molar-refractivity contribution is 0.354. The molecule has 0 spiro atoms. The van der Waals surface area contributed by atoms with E-state index in [1.54, 1.807) is 21.3 Å². The van der Waals surface area contributed by atoms with Gasteiger partial charge in [-0.25, -0.2) is 4.98 Å². The Labute approximate surface area is 166 Å². The van der Waals surface area contributed by atoms with E-state index in [9.17, 15) is 0 Å². The van der Waals surface area contributed by atoms with Crippen LogP contribution in [0.25, 0.3) is 0 Å². The Morgan fingerprint density at radius 1 is 1.00 bits per heavy atom. The molecule has 28 heavy (non-hydrogen) atoms. The fourth-order valence-electron chi connectivity index (χ4n) is 3.27. The molecule has 7 heteroatoms. The Morgan fingerprint density at radius 3 is 2.32 bits per heavy atom. The molecule has 0 aliphatic carbocycles. The van der Waals surface area contributed by atoms with Gasteiger partial charge in [-0.15, -0.1) is 0 Å². The molecule has 3 rings (SSSR count). The molecule has 0 atom stereocenters. The van der Waals surface area contributed by atoms with E-state index in [2.05, 4.69) is 31.6 Å². The number of guanidine groups is 1. The Bertz CT molecular complexity index is 803. The maximum absolute atomic E-state index is 5.36. The molecule has 0 unspecified atom stereocenters. The summed E-state index contributed by atoms with van der Waals surface area (Å²) in [7, 11) is 5.04. The van der Waals surface area contributed by atoms with Gasteiger partial charge in [0.05, 0.1) is 14.2 Å². The normalized spacial score (nSPS) is 14.1. The van der Waals surface area contributed by atoms with Crippen LogP contribution in [0.1, 0.15) is 24.0 Å². The number of hydrogen-bond acceptors (Lipinski definition) is 5. The minimum atomic E-state index is 0.634. The first-order chi connectivity index (χ1) is 13.7. The van der Waals surface area contributed by atoms with Crippen molar-refractivity contribution >= 4 is 11.8 Å². The van der Waals surface area contributed by atoms with Gasteiger partial charge in [0.25, 0.3) is 0 Å². The summed E-state index contributed by atoms with van der Waals surface area (Å²) in [5.41, 5.74) is 2.27. The molecule has 0 saturated carbocycles. The van der Waals surface area contributed by atoms with Crippen molar-refractivity contribution in [1.82, 2.24) is 15.6 Å². The predicted molar refractivity (Wildman–Crippen MR) is 112 cm³/mol. The van der Waals surface area contributed by atoms with Gasteiger partial charge in [0.15, 0.2) is 17.5 Å². The van der Waals surface area contributed by atoms with Gasteiger partial charge in [0, 0.05) is 39.4 Å². The van der Waals surface area contributed by atoms with Gasteiger partial charge in [-0.05, 0) is 48.2 Å². The molecule has 0 radical (unpaired) electrons. The van der Waals surface area contributed by atoms with Crippen LogP contribution in [-0.4, -0.2) is 45.3 Å². The topological polar surface area (TPSA) is 71.0 Å². The summed E-state index contributed by atoms with van der Waals surface area (Å²) < 4.78 is 10.6. The van der Waals surface area contributed by atoms with Crippen LogP contribution in [0.3, 0.4) is 0 Å². The zero-order chi connectivity index (χ0) is 19.8. The largest absolute Gasteiger partial charge is 0.493 e. The zero-order valence-corrected chi connectivity index (χ0v) is 16.9. The molecule has 1 aromatic carbocycles. The van der Waals surface area contributed by atoms with Gasteiger partial charge in [-0.2, -0.15) is 0 Å². The lowest BCUT2D eigenvalue weighted by Gasteiger charge is -2.17. The first-order valence-corrected chi connectivity index (χ1v) is 9.59. The standard InChI is InChI=1S/C21H29N5O2/c1-22-21(24-14-16-6-7-18(27-2)19(12-16)28-3)25-15-17-8-9-23-20(13-17)26-10-4-5-11-26/h6-9,12-13H,4-5,10-11,14-15H2,1-3H3,(H2,22,24,25). The predicted octanol–water partition coefficient (Wildman–Crippen LogP) is 2.56. The van der Waals surface area contributed by atoms with Crippen molar-refractivity contribution in [3.05, 3.63) is 47.7 Å². The third kappa shape index (κ3) is 5.06. The SMILES string of the molecule is CN=C(NCc1ccnc(N2CCCC2)c1)NCc1ccc(OC)c(OC)c1. The first kappa shape index (κ1) is 19.8. The maximum atomic E-state index is 5.36. The Kier molecular flexibility index (Phi) is 6.94. The number of benzene rings is 1. The van der Waals surface area contributed by atoms with Gasteiger partial charge < -0.3 is 25.0 Å². The summed E-state index contributed by atoms with van der Waals surface area (Å²) in [4.78, 5) is 11.2. The number of ether oxygens (including phenoxy) is 2. The number of nitrogens with zero attached hydrogens (tertiary/aromatic N) is 3. The van der Waals surface area contributed by atoms with Crippen LogP contribution < -0.4 is 25.0 Å². The summed E-state index contributed by atoms with van der Waals surface area (Å²) in [6, 6.07) is 10.1. The van der Waals surface area contributed by atoms with Gasteiger partial charge in [0.2, 0.25) is 0 Å². The lowest BCUT2D eigenvalue weighted by atomic mass is 10.2. The number of methoxy groups -OCH3 is 2. The van der Waals surface area contributed by atoms with E-state index >= 15 is 0 Å². The number of aromatic nitrogens is 1. The Morgan fingerprint density at radius 2 is 1.68 bits per heavy atom. The minimum Gasteiger partial charge on any atom is -0.493 e. The van der Waals surface area contributed by atoms with Crippen LogP contribution in [0.15, 0.2) is 41.5 Å². The van der Waals surface area contributed by atoms with E-state index in [4.69, 9.17) is 9.47 Å². The highest BCUT2D eigenvalue weighted by molar-refractivity contribution is 5.79. The summed E-state index contributed by atoms with van der Waals surface area (Å²) >= 11 is 0. The fraction of sp³-hybridized carbons (Fsp3) is 0.429. The van der Waals surface area contributed by atoms with Gasteiger partial charge in [-0.1, -0.05) is 6.07 Å². The molecule has 1 aliphatic heterocycles. The fourth-order valence-corrected chi connectivity index (χ4v) is 3.27. The zero-order valence-electron chi connectivity index (χ0n) is 16.9. The molecule has 1 saturated heterocycles. The van der Waals surface area contributed by atoms with Gasteiger partial charge in [-0.3, -0.25) is 4.99 Å². The van der Waals surface area contributed by atoms with E-state index in [1.807, 2.05) is 30.5 Å². The number of aliphatic imine (C=N–C) groups is 1. The van der Waals surface area contributed by atoms with E-state index in [-0.39, 0.29) is 0 Å².